The molecule has 0 radical (unpaired) electrons. The Kier molecular flexibility index (Phi) is 3.45. The molecule has 0 saturated heterocycles. The molecule has 0 atom stereocenters. The number of aldehydes is 1. The van der Waals surface area contributed by atoms with Crippen LogP contribution < -0.4 is 4.74 Å². The first-order valence-corrected chi connectivity index (χ1v) is 6.11. The van der Waals surface area contributed by atoms with E-state index in [0.29, 0.717) is 16.5 Å². The molecule has 17 heavy (non-hydrogen) atoms. The lowest BCUT2D eigenvalue weighted by Crippen LogP contribution is -1.88. The molecule has 0 bridgehead atoms. The highest BCUT2D eigenvalue weighted by Crippen LogP contribution is 2.35. The number of rotatable bonds is 3. The molecular formula is C12H10ClNO2S. The van der Waals surface area contributed by atoms with Crippen LogP contribution in [-0.2, 0) is 0 Å². The summed E-state index contributed by atoms with van der Waals surface area (Å²) < 4.78 is 5.26. The van der Waals surface area contributed by atoms with E-state index in [2.05, 4.69) is 4.98 Å². The summed E-state index contributed by atoms with van der Waals surface area (Å²) in [6, 6.07) is 5.33. The molecule has 0 aliphatic carbocycles. The Balaban J connectivity index is 2.58. The van der Waals surface area contributed by atoms with Gasteiger partial charge in [0.1, 0.15) is 16.5 Å². The van der Waals surface area contributed by atoms with Crippen LogP contribution in [0.1, 0.15) is 15.4 Å². The Morgan fingerprint density at radius 3 is 2.82 bits per heavy atom. The van der Waals surface area contributed by atoms with Gasteiger partial charge in [-0.15, -0.1) is 11.3 Å². The van der Waals surface area contributed by atoms with Gasteiger partial charge < -0.3 is 4.74 Å². The van der Waals surface area contributed by atoms with Gasteiger partial charge in [-0.3, -0.25) is 4.79 Å². The third kappa shape index (κ3) is 2.33. The van der Waals surface area contributed by atoms with E-state index in [1.54, 1.807) is 25.3 Å². The van der Waals surface area contributed by atoms with E-state index in [1.165, 1.54) is 11.3 Å². The number of carbonyl (C=O) groups excluding carboxylic acids is 1. The largest absolute Gasteiger partial charge is 0.496 e. The number of ether oxygens (including phenoxy) is 1. The van der Waals surface area contributed by atoms with Gasteiger partial charge in [-0.25, -0.2) is 4.98 Å². The van der Waals surface area contributed by atoms with E-state index in [4.69, 9.17) is 16.3 Å². The number of thiazole rings is 1. The lowest BCUT2D eigenvalue weighted by atomic mass is 10.2. The molecule has 0 aliphatic heterocycles. The molecule has 88 valence electrons. The van der Waals surface area contributed by atoms with Gasteiger partial charge in [0.2, 0.25) is 0 Å². The maximum atomic E-state index is 10.8. The third-order valence-corrected chi connectivity index (χ3v) is 3.59. The number of hydrogen-bond donors (Lipinski definition) is 0. The van der Waals surface area contributed by atoms with E-state index < -0.39 is 0 Å². The molecule has 1 aromatic heterocycles. The highest BCUT2D eigenvalue weighted by atomic mass is 35.5. The van der Waals surface area contributed by atoms with Gasteiger partial charge in [-0.1, -0.05) is 11.6 Å². The van der Waals surface area contributed by atoms with E-state index in [9.17, 15) is 4.79 Å². The normalized spacial score (nSPS) is 10.3. The Bertz CT molecular complexity index is 566. The van der Waals surface area contributed by atoms with Crippen molar-refractivity contribution in [3.05, 3.63) is 33.8 Å². The van der Waals surface area contributed by atoms with Gasteiger partial charge in [-0.2, -0.15) is 0 Å². The van der Waals surface area contributed by atoms with Crippen molar-refractivity contribution in [3.8, 4) is 16.3 Å². The number of aryl methyl sites for hydroxylation is 1. The predicted molar refractivity (Wildman–Crippen MR) is 69.2 cm³/mol. The molecule has 2 aromatic rings. The van der Waals surface area contributed by atoms with E-state index in [1.807, 2.05) is 6.92 Å². The third-order valence-electron chi connectivity index (χ3n) is 2.34. The highest BCUT2D eigenvalue weighted by Gasteiger charge is 2.13. The summed E-state index contributed by atoms with van der Waals surface area (Å²) in [5.41, 5.74) is 1.27. The van der Waals surface area contributed by atoms with Crippen LogP contribution in [0.2, 0.25) is 5.02 Å². The summed E-state index contributed by atoms with van der Waals surface area (Å²) in [6.45, 7) is 1.86. The summed E-state index contributed by atoms with van der Waals surface area (Å²) >= 11 is 7.41. The lowest BCUT2D eigenvalue weighted by molar-refractivity contribution is 0.111. The van der Waals surface area contributed by atoms with Gasteiger partial charge in [0.05, 0.1) is 12.7 Å². The van der Waals surface area contributed by atoms with Crippen molar-refractivity contribution in [1.29, 1.82) is 0 Å². The quantitative estimate of drug-likeness (QED) is 0.798. The van der Waals surface area contributed by atoms with Crippen LogP contribution in [0.3, 0.4) is 0 Å². The molecule has 5 heteroatoms. The van der Waals surface area contributed by atoms with Crippen LogP contribution >= 0.6 is 22.9 Å². The number of aromatic nitrogens is 1. The number of hydrogen-bond acceptors (Lipinski definition) is 4. The average Bonchev–Trinajstić information content (AvgIpc) is 2.70. The molecule has 0 aliphatic rings. The summed E-state index contributed by atoms with van der Waals surface area (Å²) in [7, 11) is 1.59. The van der Waals surface area contributed by atoms with Crippen molar-refractivity contribution in [2.75, 3.05) is 7.11 Å². The summed E-state index contributed by atoms with van der Waals surface area (Å²) in [4.78, 5) is 15.9. The summed E-state index contributed by atoms with van der Waals surface area (Å²) in [6.07, 6.45) is 0.756. The number of benzene rings is 1. The zero-order chi connectivity index (χ0) is 12.4. The van der Waals surface area contributed by atoms with Crippen molar-refractivity contribution in [2.45, 2.75) is 6.92 Å². The first kappa shape index (κ1) is 12.1. The SMILES string of the molecule is COc1ccc(Cl)cc1-c1nc(C=O)c(C)s1. The molecule has 2 rings (SSSR count). The minimum absolute atomic E-state index is 0.465. The maximum absolute atomic E-state index is 10.8. The molecule has 0 saturated carbocycles. The smallest absolute Gasteiger partial charge is 0.169 e. The number of carbonyl (C=O) groups is 1. The highest BCUT2D eigenvalue weighted by molar-refractivity contribution is 7.15. The van der Waals surface area contributed by atoms with Crippen LogP contribution in [0.4, 0.5) is 0 Å². The molecular weight excluding hydrogens is 258 g/mol. The minimum Gasteiger partial charge on any atom is -0.496 e. The van der Waals surface area contributed by atoms with Crippen molar-refractivity contribution >= 4 is 29.2 Å². The molecule has 0 amide bonds. The Hall–Kier alpha value is -1.39. The first-order valence-electron chi connectivity index (χ1n) is 4.92. The van der Waals surface area contributed by atoms with E-state index >= 15 is 0 Å². The average molecular weight is 268 g/mol. The van der Waals surface area contributed by atoms with Gasteiger partial charge >= 0.3 is 0 Å². The standard InChI is InChI=1S/C12H10ClNO2S/c1-7-10(6-15)14-12(17-7)9-5-8(13)3-4-11(9)16-2/h3-6H,1-2H3. The predicted octanol–water partition coefficient (Wildman–Crippen LogP) is 3.59. The second kappa shape index (κ2) is 4.85. The van der Waals surface area contributed by atoms with E-state index in [-0.39, 0.29) is 0 Å². The van der Waals surface area contributed by atoms with Crippen LogP contribution in [0, 0.1) is 6.92 Å². The van der Waals surface area contributed by atoms with Gasteiger partial charge in [0.15, 0.2) is 6.29 Å². The van der Waals surface area contributed by atoms with Crippen molar-refractivity contribution in [1.82, 2.24) is 4.98 Å². The fourth-order valence-corrected chi connectivity index (χ4v) is 2.55. The topological polar surface area (TPSA) is 39.2 Å². The first-order chi connectivity index (χ1) is 8.15. The number of halogens is 1. The van der Waals surface area contributed by atoms with Crippen molar-refractivity contribution < 1.29 is 9.53 Å². The monoisotopic (exact) mass is 267 g/mol. The Morgan fingerprint density at radius 2 is 2.24 bits per heavy atom. The maximum Gasteiger partial charge on any atom is 0.169 e. The molecule has 0 N–H and O–H groups in total. The van der Waals surface area contributed by atoms with Crippen LogP contribution in [-0.4, -0.2) is 18.4 Å². The van der Waals surface area contributed by atoms with Gasteiger partial charge in [0, 0.05) is 9.90 Å². The Labute approximate surface area is 108 Å². The lowest BCUT2D eigenvalue weighted by Gasteiger charge is -2.05. The zero-order valence-electron chi connectivity index (χ0n) is 9.36. The molecule has 0 spiro atoms. The van der Waals surface area contributed by atoms with Gasteiger partial charge in [-0.05, 0) is 25.1 Å². The number of methoxy groups -OCH3 is 1. The molecule has 0 unspecified atom stereocenters. The Morgan fingerprint density at radius 1 is 1.47 bits per heavy atom. The minimum atomic E-state index is 0.465. The van der Waals surface area contributed by atoms with Crippen LogP contribution in [0.5, 0.6) is 5.75 Å². The molecule has 3 nitrogen and oxygen atoms in total. The second-order valence-corrected chi connectivity index (χ2v) is 5.06. The fraction of sp³-hybridized carbons (Fsp3) is 0.167. The molecule has 1 aromatic carbocycles. The van der Waals surface area contributed by atoms with Crippen LogP contribution in [0.25, 0.3) is 10.6 Å². The molecule has 1 heterocycles. The molecule has 0 fully saturated rings. The van der Waals surface area contributed by atoms with Crippen molar-refractivity contribution in [3.63, 3.8) is 0 Å². The fourth-order valence-electron chi connectivity index (χ4n) is 1.48. The van der Waals surface area contributed by atoms with E-state index in [0.717, 1.165) is 21.7 Å². The summed E-state index contributed by atoms with van der Waals surface area (Å²) in [5, 5.41) is 1.35. The van der Waals surface area contributed by atoms with Crippen molar-refractivity contribution in [2.24, 2.45) is 0 Å². The van der Waals surface area contributed by atoms with Gasteiger partial charge in [0.25, 0.3) is 0 Å². The second-order valence-electron chi connectivity index (χ2n) is 3.42. The number of nitrogens with zero attached hydrogens (tertiary/aromatic N) is 1. The zero-order valence-corrected chi connectivity index (χ0v) is 10.9. The summed E-state index contributed by atoms with van der Waals surface area (Å²) in [5.74, 6) is 0.695. The van der Waals surface area contributed by atoms with Crippen LogP contribution in [0.15, 0.2) is 18.2 Å².